The van der Waals surface area contributed by atoms with Crippen LogP contribution in [0.25, 0.3) is 0 Å². The smallest absolute Gasteiger partial charge is 0.254 e. The Morgan fingerprint density at radius 3 is 3.00 bits per heavy atom. The van der Waals surface area contributed by atoms with Crippen LogP contribution in [0, 0.1) is 0 Å². The van der Waals surface area contributed by atoms with Gasteiger partial charge in [-0.05, 0) is 19.0 Å². The first-order valence-corrected chi connectivity index (χ1v) is 7.09. The maximum absolute atomic E-state index is 11.9. The largest absolute Gasteiger partial charge is 0.469 e. The quantitative estimate of drug-likeness (QED) is 0.749. The van der Waals surface area contributed by atoms with Crippen LogP contribution in [0.3, 0.4) is 0 Å². The van der Waals surface area contributed by atoms with E-state index in [-0.39, 0.29) is 5.91 Å². The Kier molecular flexibility index (Phi) is 5.42. The van der Waals surface area contributed by atoms with Gasteiger partial charge in [-0.25, -0.2) is 0 Å². The van der Waals surface area contributed by atoms with Crippen molar-refractivity contribution in [1.29, 1.82) is 0 Å². The minimum atomic E-state index is -0.0223. The molecule has 0 aromatic carbocycles. The lowest BCUT2D eigenvalue weighted by Crippen LogP contribution is -2.44. The molecular formula is C14H23N3O2. The van der Waals surface area contributed by atoms with E-state index in [0.717, 1.165) is 57.9 Å². The molecule has 5 heteroatoms. The Morgan fingerprint density at radius 2 is 2.26 bits per heavy atom. The van der Waals surface area contributed by atoms with Gasteiger partial charge in [0.2, 0.25) is 0 Å². The summed E-state index contributed by atoms with van der Waals surface area (Å²) in [7, 11) is 0. The van der Waals surface area contributed by atoms with Crippen molar-refractivity contribution in [2.45, 2.75) is 19.8 Å². The standard InChI is InChI=1S/C14H23N3O2/c1-2-13-12(4-11-19-13)14(18)16-5-3-8-17-9-6-15-7-10-17/h4,11,15H,2-3,5-10H2,1H3,(H,16,18). The molecule has 2 heterocycles. The Morgan fingerprint density at radius 1 is 1.47 bits per heavy atom. The molecule has 1 amide bonds. The molecule has 2 N–H and O–H groups in total. The van der Waals surface area contributed by atoms with Crippen molar-refractivity contribution in [3.8, 4) is 0 Å². The van der Waals surface area contributed by atoms with Crippen LogP contribution in [0.2, 0.25) is 0 Å². The average Bonchev–Trinajstić information content (AvgIpc) is 2.93. The third-order valence-electron chi connectivity index (χ3n) is 3.46. The van der Waals surface area contributed by atoms with Crippen molar-refractivity contribution in [1.82, 2.24) is 15.5 Å². The number of rotatable bonds is 6. The SMILES string of the molecule is CCc1occc1C(=O)NCCCN1CCNCC1. The van der Waals surface area contributed by atoms with E-state index in [4.69, 9.17) is 4.42 Å². The van der Waals surface area contributed by atoms with E-state index in [2.05, 4.69) is 15.5 Å². The maximum atomic E-state index is 11.9. The number of carbonyl (C=O) groups excluding carboxylic acids is 1. The van der Waals surface area contributed by atoms with Crippen LogP contribution < -0.4 is 10.6 Å². The molecule has 0 unspecified atom stereocenters. The highest BCUT2D eigenvalue weighted by molar-refractivity contribution is 5.95. The fraction of sp³-hybridized carbons (Fsp3) is 0.643. The topological polar surface area (TPSA) is 57.5 Å². The lowest BCUT2D eigenvalue weighted by molar-refractivity contribution is 0.0949. The molecule has 2 rings (SSSR count). The molecule has 0 radical (unpaired) electrons. The van der Waals surface area contributed by atoms with Crippen molar-refractivity contribution in [2.75, 3.05) is 39.3 Å². The third-order valence-corrected chi connectivity index (χ3v) is 3.46. The number of aryl methyl sites for hydroxylation is 1. The minimum Gasteiger partial charge on any atom is -0.469 e. The zero-order chi connectivity index (χ0) is 13.5. The highest BCUT2D eigenvalue weighted by Crippen LogP contribution is 2.10. The van der Waals surface area contributed by atoms with Gasteiger partial charge in [0.25, 0.3) is 5.91 Å². The molecule has 5 nitrogen and oxygen atoms in total. The van der Waals surface area contributed by atoms with Crippen LogP contribution in [0.5, 0.6) is 0 Å². The summed E-state index contributed by atoms with van der Waals surface area (Å²) in [4.78, 5) is 14.4. The Labute approximate surface area is 114 Å². The highest BCUT2D eigenvalue weighted by Gasteiger charge is 2.13. The zero-order valence-electron chi connectivity index (χ0n) is 11.6. The lowest BCUT2D eigenvalue weighted by Gasteiger charge is -2.27. The molecule has 0 bridgehead atoms. The van der Waals surface area contributed by atoms with Crippen LogP contribution in [0.4, 0.5) is 0 Å². The minimum absolute atomic E-state index is 0.0223. The average molecular weight is 265 g/mol. The number of carbonyl (C=O) groups is 1. The lowest BCUT2D eigenvalue weighted by atomic mass is 10.2. The molecule has 1 aromatic rings. The summed E-state index contributed by atoms with van der Waals surface area (Å²) in [6.45, 7) is 8.11. The number of nitrogens with zero attached hydrogens (tertiary/aromatic N) is 1. The van der Waals surface area contributed by atoms with Crippen molar-refractivity contribution in [3.63, 3.8) is 0 Å². The van der Waals surface area contributed by atoms with Crippen LogP contribution in [0.1, 0.15) is 29.5 Å². The summed E-state index contributed by atoms with van der Waals surface area (Å²) in [6.07, 6.45) is 3.32. The number of hydrogen-bond acceptors (Lipinski definition) is 4. The summed E-state index contributed by atoms with van der Waals surface area (Å²) in [5, 5.41) is 6.29. The van der Waals surface area contributed by atoms with Crippen molar-refractivity contribution in [2.24, 2.45) is 0 Å². The van der Waals surface area contributed by atoms with Crippen LogP contribution >= 0.6 is 0 Å². The number of hydrogen-bond donors (Lipinski definition) is 2. The van der Waals surface area contributed by atoms with Gasteiger partial charge in [0, 0.05) is 39.1 Å². The van der Waals surface area contributed by atoms with E-state index < -0.39 is 0 Å². The molecular weight excluding hydrogens is 242 g/mol. The Balaban J connectivity index is 1.66. The second kappa shape index (κ2) is 7.31. The molecule has 0 aliphatic carbocycles. The maximum Gasteiger partial charge on any atom is 0.254 e. The van der Waals surface area contributed by atoms with Crippen LogP contribution in [-0.4, -0.2) is 50.1 Å². The molecule has 0 spiro atoms. The molecule has 1 aromatic heterocycles. The number of furan rings is 1. The molecule has 1 aliphatic rings. The Bertz CT molecular complexity index is 397. The summed E-state index contributed by atoms with van der Waals surface area (Å²) in [6, 6.07) is 1.74. The van der Waals surface area contributed by atoms with E-state index in [1.165, 1.54) is 0 Å². The molecule has 106 valence electrons. The number of amides is 1. The summed E-state index contributed by atoms with van der Waals surface area (Å²) < 4.78 is 5.26. The van der Waals surface area contributed by atoms with Gasteiger partial charge in [-0.3, -0.25) is 4.79 Å². The normalized spacial score (nSPS) is 16.5. The number of nitrogens with one attached hydrogen (secondary N) is 2. The Hall–Kier alpha value is -1.33. The van der Waals surface area contributed by atoms with Gasteiger partial charge in [0.1, 0.15) is 5.76 Å². The number of piperazine rings is 1. The van der Waals surface area contributed by atoms with E-state index in [1.54, 1.807) is 12.3 Å². The zero-order valence-corrected chi connectivity index (χ0v) is 11.6. The van der Waals surface area contributed by atoms with E-state index >= 15 is 0 Å². The monoisotopic (exact) mass is 265 g/mol. The van der Waals surface area contributed by atoms with Gasteiger partial charge >= 0.3 is 0 Å². The predicted molar refractivity (Wildman–Crippen MR) is 74.3 cm³/mol. The van der Waals surface area contributed by atoms with Gasteiger partial charge in [-0.1, -0.05) is 6.92 Å². The summed E-state index contributed by atoms with van der Waals surface area (Å²) in [5.74, 6) is 0.741. The molecule has 0 saturated carbocycles. The van der Waals surface area contributed by atoms with Crippen molar-refractivity contribution >= 4 is 5.91 Å². The molecule has 19 heavy (non-hydrogen) atoms. The second-order valence-electron chi connectivity index (χ2n) is 4.81. The first kappa shape index (κ1) is 14.1. The van der Waals surface area contributed by atoms with Gasteiger partial charge in [0.05, 0.1) is 11.8 Å². The van der Waals surface area contributed by atoms with Crippen molar-refractivity contribution in [3.05, 3.63) is 23.7 Å². The first-order valence-electron chi connectivity index (χ1n) is 7.09. The molecule has 0 atom stereocenters. The summed E-state index contributed by atoms with van der Waals surface area (Å²) >= 11 is 0. The fourth-order valence-corrected chi connectivity index (χ4v) is 2.35. The molecule has 1 saturated heterocycles. The summed E-state index contributed by atoms with van der Waals surface area (Å²) in [5.41, 5.74) is 0.671. The fourth-order valence-electron chi connectivity index (χ4n) is 2.35. The van der Waals surface area contributed by atoms with Crippen molar-refractivity contribution < 1.29 is 9.21 Å². The highest BCUT2D eigenvalue weighted by atomic mass is 16.3. The van der Waals surface area contributed by atoms with E-state index in [9.17, 15) is 4.79 Å². The van der Waals surface area contributed by atoms with Gasteiger partial charge < -0.3 is 20.0 Å². The molecule has 1 aliphatic heterocycles. The third kappa shape index (κ3) is 4.08. The second-order valence-corrected chi connectivity index (χ2v) is 4.81. The predicted octanol–water partition coefficient (Wildman–Crippen LogP) is 0.867. The van der Waals surface area contributed by atoms with Gasteiger partial charge in [-0.15, -0.1) is 0 Å². The van der Waals surface area contributed by atoms with Gasteiger partial charge in [0.15, 0.2) is 0 Å². The first-order chi connectivity index (χ1) is 9.31. The van der Waals surface area contributed by atoms with Crippen LogP contribution in [-0.2, 0) is 6.42 Å². The van der Waals surface area contributed by atoms with E-state index in [1.807, 2.05) is 6.92 Å². The van der Waals surface area contributed by atoms with Gasteiger partial charge in [-0.2, -0.15) is 0 Å². The van der Waals surface area contributed by atoms with Crippen LogP contribution in [0.15, 0.2) is 16.7 Å². The molecule has 1 fully saturated rings. The van der Waals surface area contributed by atoms with E-state index in [0.29, 0.717) is 5.56 Å².